The number of nitrogens with zero attached hydrogens (tertiary/aromatic N) is 3. The molecule has 4 heteroatoms. The molecule has 1 rings (SSSR count). The second-order valence-electron chi connectivity index (χ2n) is 5.08. The monoisotopic (exact) mass is 239 g/mol. The Kier molecular flexibility index (Phi) is 3.64. The highest BCUT2D eigenvalue weighted by atomic mass is 35.5. The van der Waals surface area contributed by atoms with Crippen LogP contribution >= 0.6 is 11.6 Å². The number of hydrogen-bond acceptors (Lipinski definition) is 2. The van der Waals surface area contributed by atoms with Crippen molar-refractivity contribution in [2.45, 2.75) is 52.5 Å². The highest BCUT2D eigenvalue weighted by Crippen LogP contribution is 2.31. The van der Waals surface area contributed by atoms with Gasteiger partial charge in [-0.3, -0.25) is 0 Å². The van der Waals surface area contributed by atoms with Crippen LogP contribution in [-0.2, 0) is 5.41 Å². The zero-order valence-electron chi connectivity index (χ0n) is 10.5. The molecule has 0 N–H and O–H groups in total. The van der Waals surface area contributed by atoms with E-state index in [1.54, 1.807) is 4.68 Å². The molecule has 0 aliphatic rings. The molecule has 16 heavy (non-hydrogen) atoms. The molecule has 0 saturated carbocycles. The minimum Gasteiger partial charge on any atom is -0.250 e. The fourth-order valence-electron chi connectivity index (χ4n) is 1.50. The molecule has 0 bridgehead atoms. The van der Waals surface area contributed by atoms with Gasteiger partial charge in [0.05, 0.1) is 11.7 Å². The first kappa shape index (κ1) is 13.1. The van der Waals surface area contributed by atoms with Crippen LogP contribution in [0.25, 0.3) is 0 Å². The lowest BCUT2D eigenvalue weighted by Crippen LogP contribution is -2.15. The Morgan fingerprint density at radius 1 is 1.50 bits per heavy atom. The van der Waals surface area contributed by atoms with E-state index in [1.165, 1.54) is 0 Å². The molecule has 1 heterocycles. The lowest BCUT2D eigenvalue weighted by Gasteiger charge is -2.15. The molecule has 0 aliphatic carbocycles. The summed E-state index contributed by atoms with van der Waals surface area (Å²) in [6.07, 6.45) is 0.940. The van der Waals surface area contributed by atoms with Crippen molar-refractivity contribution >= 4 is 11.6 Å². The van der Waals surface area contributed by atoms with E-state index in [4.69, 9.17) is 16.9 Å². The summed E-state index contributed by atoms with van der Waals surface area (Å²) in [7, 11) is 0. The first-order chi connectivity index (χ1) is 7.32. The highest BCUT2D eigenvalue weighted by Gasteiger charge is 2.27. The third-order valence-corrected chi connectivity index (χ3v) is 3.04. The van der Waals surface area contributed by atoms with Crippen molar-refractivity contribution in [1.29, 1.82) is 5.26 Å². The van der Waals surface area contributed by atoms with Crippen LogP contribution in [0, 0.1) is 11.3 Å². The van der Waals surface area contributed by atoms with Crippen molar-refractivity contribution in [2.24, 2.45) is 0 Å². The van der Waals surface area contributed by atoms with Gasteiger partial charge in [0.2, 0.25) is 0 Å². The SMILES string of the molecule is CCC(C)n1nc(C(C)(C)C)c(C#N)c1Cl. The van der Waals surface area contributed by atoms with Gasteiger partial charge in [0.25, 0.3) is 0 Å². The van der Waals surface area contributed by atoms with Gasteiger partial charge >= 0.3 is 0 Å². The number of rotatable bonds is 2. The van der Waals surface area contributed by atoms with Crippen LogP contribution in [0.4, 0.5) is 0 Å². The van der Waals surface area contributed by atoms with Gasteiger partial charge in [-0.25, -0.2) is 4.68 Å². The van der Waals surface area contributed by atoms with Gasteiger partial charge in [0.15, 0.2) is 0 Å². The van der Waals surface area contributed by atoms with Crippen molar-refractivity contribution in [2.75, 3.05) is 0 Å². The standard InChI is InChI=1S/C12H18ClN3/c1-6-8(2)16-11(13)9(7-14)10(15-16)12(3,4)5/h8H,6H2,1-5H3. The van der Waals surface area contributed by atoms with Crippen LogP contribution in [0.3, 0.4) is 0 Å². The molecule has 1 aromatic heterocycles. The summed E-state index contributed by atoms with van der Waals surface area (Å²) in [6.45, 7) is 10.2. The lowest BCUT2D eigenvalue weighted by molar-refractivity contribution is 0.458. The first-order valence-corrected chi connectivity index (χ1v) is 5.89. The molecule has 1 unspecified atom stereocenters. The van der Waals surface area contributed by atoms with Crippen molar-refractivity contribution in [3.63, 3.8) is 0 Å². The maximum absolute atomic E-state index is 9.14. The van der Waals surface area contributed by atoms with Gasteiger partial charge in [-0.05, 0) is 13.3 Å². The Morgan fingerprint density at radius 3 is 2.38 bits per heavy atom. The summed E-state index contributed by atoms with van der Waals surface area (Å²) < 4.78 is 1.75. The number of nitriles is 1. The summed E-state index contributed by atoms with van der Waals surface area (Å²) in [5, 5.41) is 14.1. The molecule has 0 radical (unpaired) electrons. The molecule has 1 atom stereocenters. The minimum atomic E-state index is -0.159. The van der Waals surface area contributed by atoms with Gasteiger partial charge in [0, 0.05) is 5.41 Å². The summed E-state index contributed by atoms with van der Waals surface area (Å²) in [5.41, 5.74) is 1.13. The average molecular weight is 240 g/mol. The third kappa shape index (κ3) is 2.22. The van der Waals surface area contributed by atoms with E-state index in [0.29, 0.717) is 10.7 Å². The largest absolute Gasteiger partial charge is 0.250 e. The van der Waals surface area contributed by atoms with Gasteiger partial charge in [-0.15, -0.1) is 0 Å². The smallest absolute Gasteiger partial charge is 0.145 e. The second kappa shape index (κ2) is 4.47. The Bertz CT molecular complexity index is 421. The normalized spacial score (nSPS) is 13.6. The van der Waals surface area contributed by atoms with E-state index in [0.717, 1.165) is 12.1 Å². The molecule has 0 aliphatic heterocycles. The summed E-state index contributed by atoms with van der Waals surface area (Å²) in [6, 6.07) is 2.37. The Labute approximate surface area is 102 Å². The van der Waals surface area contributed by atoms with Gasteiger partial charge in [-0.2, -0.15) is 10.4 Å². The fraction of sp³-hybridized carbons (Fsp3) is 0.667. The quantitative estimate of drug-likeness (QED) is 0.790. The zero-order chi connectivity index (χ0) is 12.5. The predicted molar refractivity (Wildman–Crippen MR) is 65.7 cm³/mol. The number of halogens is 1. The van der Waals surface area contributed by atoms with Crippen LogP contribution in [0.2, 0.25) is 5.15 Å². The van der Waals surface area contributed by atoms with Crippen molar-refractivity contribution in [3.05, 3.63) is 16.4 Å². The molecule has 0 fully saturated rings. The van der Waals surface area contributed by atoms with Gasteiger partial charge in [0.1, 0.15) is 16.8 Å². The van der Waals surface area contributed by atoms with E-state index in [-0.39, 0.29) is 11.5 Å². The fourth-order valence-corrected chi connectivity index (χ4v) is 1.84. The molecule has 0 spiro atoms. The number of hydrogen-bond donors (Lipinski definition) is 0. The van der Waals surface area contributed by atoms with Crippen molar-refractivity contribution in [3.8, 4) is 6.07 Å². The third-order valence-electron chi connectivity index (χ3n) is 2.68. The Balaban J connectivity index is 3.39. The molecule has 0 saturated heterocycles. The molecular formula is C12H18ClN3. The number of aromatic nitrogens is 2. The summed E-state index contributed by atoms with van der Waals surface area (Å²) in [5.74, 6) is 0. The minimum absolute atomic E-state index is 0.159. The zero-order valence-corrected chi connectivity index (χ0v) is 11.3. The van der Waals surface area contributed by atoms with Gasteiger partial charge in [-0.1, -0.05) is 39.3 Å². The van der Waals surface area contributed by atoms with E-state index < -0.39 is 0 Å². The molecule has 0 amide bonds. The lowest BCUT2D eigenvalue weighted by atomic mass is 9.90. The maximum atomic E-state index is 9.14. The Hall–Kier alpha value is -1.01. The maximum Gasteiger partial charge on any atom is 0.145 e. The van der Waals surface area contributed by atoms with Crippen molar-refractivity contribution < 1.29 is 0 Å². The van der Waals surface area contributed by atoms with Crippen LogP contribution in [0.1, 0.15) is 58.3 Å². The molecular weight excluding hydrogens is 222 g/mol. The van der Waals surface area contributed by atoms with E-state index in [9.17, 15) is 0 Å². The summed E-state index contributed by atoms with van der Waals surface area (Å²) in [4.78, 5) is 0. The molecule has 0 aromatic carbocycles. The average Bonchev–Trinajstić information content (AvgIpc) is 2.53. The van der Waals surface area contributed by atoms with E-state index >= 15 is 0 Å². The molecule has 1 aromatic rings. The second-order valence-corrected chi connectivity index (χ2v) is 5.44. The van der Waals surface area contributed by atoms with Crippen molar-refractivity contribution in [1.82, 2.24) is 9.78 Å². The van der Waals surface area contributed by atoms with Crippen LogP contribution in [0.15, 0.2) is 0 Å². The topological polar surface area (TPSA) is 41.6 Å². The molecule has 3 nitrogen and oxygen atoms in total. The van der Waals surface area contributed by atoms with Crippen LogP contribution in [0.5, 0.6) is 0 Å². The van der Waals surface area contributed by atoms with Crippen LogP contribution in [-0.4, -0.2) is 9.78 Å². The van der Waals surface area contributed by atoms with Crippen LogP contribution < -0.4 is 0 Å². The predicted octanol–water partition coefficient (Wildman–Crippen LogP) is 3.68. The Morgan fingerprint density at radius 2 is 2.06 bits per heavy atom. The van der Waals surface area contributed by atoms with E-state index in [1.807, 2.05) is 27.7 Å². The molecule has 88 valence electrons. The first-order valence-electron chi connectivity index (χ1n) is 5.51. The summed E-state index contributed by atoms with van der Waals surface area (Å²) >= 11 is 6.19. The highest BCUT2D eigenvalue weighted by molar-refractivity contribution is 6.30. The van der Waals surface area contributed by atoms with E-state index in [2.05, 4.69) is 18.1 Å². The van der Waals surface area contributed by atoms with Gasteiger partial charge < -0.3 is 0 Å².